The van der Waals surface area contributed by atoms with Gasteiger partial charge in [-0.2, -0.15) is 0 Å². The van der Waals surface area contributed by atoms with E-state index < -0.39 is 15.8 Å². The lowest BCUT2D eigenvalue weighted by molar-refractivity contribution is 0.0446. The van der Waals surface area contributed by atoms with Gasteiger partial charge in [0.1, 0.15) is 19.0 Å². The highest BCUT2D eigenvalue weighted by atomic mass is 32.2. The molecular formula is C20H22O5S2. The van der Waals surface area contributed by atoms with E-state index in [-0.39, 0.29) is 30.0 Å². The number of benzene rings is 2. The zero-order chi connectivity index (χ0) is 19.3. The van der Waals surface area contributed by atoms with Gasteiger partial charge in [0.15, 0.2) is 9.84 Å². The molecular weight excluding hydrogens is 384 g/mol. The molecule has 27 heavy (non-hydrogen) atoms. The first kappa shape index (κ1) is 19.8. The van der Waals surface area contributed by atoms with Crippen LogP contribution in [0, 0.1) is 6.92 Å². The van der Waals surface area contributed by atoms with Crippen molar-refractivity contribution in [3.8, 4) is 5.75 Å². The lowest BCUT2D eigenvalue weighted by Crippen LogP contribution is -2.14. The van der Waals surface area contributed by atoms with Gasteiger partial charge in [0.05, 0.1) is 17.1 Å². The maximum atomic E-state index is 12.4. The molecule has 7 heteroatoms. The van der Waals surface area contributed by atoms with E-state index in [4.69, 9.17) is 9.47 Å². The minimum absolute atomic E-state index is 0.0196. The maximum absolute atomic E-state index is 12.4. The molecule has 0 N–H and O–H groups in total. The van der Waals surface area contributed by atoms with Crippen molar-refractivity contribution in [2.24, 2.45) is 0 Å². The zero-order valence-electron chi connectivity index (χ0n) is 15.1. The van der Waals surface area contributed by atoms with Crippen molar-refractivity contribution >= 4 is 27.6 Å². The SMILES string of the molecule is Cc1ccc(OCCOC(=O)c2ccccc2S[C@H]2CCS(=O)(=O)C2)cc1. The van der Waals surface area contributed by atoms with Crippen LogP contribution in [0.2, 0.25) is 0 Å². The first-order valence-corrected chi connectivity index (χ1v) is 11.5. The molecule has 0 aliphatic carbocycles. The molecule has 2 aromatic rings. The predicted octanol–water partition coefficient (Wildman–Crippen LogP) is 3.51. The second kappa shape index (κ2) is 8.80. The lowest BCUT2D eigenvalue weighted by atomic mass is 10.2. The van der Waals surface area contributed by atoms with Crippen LogP contribution in [0.1, 0.15) is 22.3 Å². The van der Waals surface area contributed by atoms with Crippen LogP contribution in [0.15, 0.2) is 53.4 Å². The molecule has 0 saturated carbocycles. The monoisotopic (exact) mass is 406 g/mol. The van der Waals surface area contributed by atoms with Crippen LogP contribution in [-0.4, -0.2) is 44.4 Å². The molecule has 144 valence electrons. The largest absolute Gasteiger partial charge is 0.490 e. The Labute approximate surface area is 164 Å². The fourth-order valence-corrected chi connectivity index (χ4v) is 6.39. The molecule has 3 rings (SSSR count). The van der Waals surface area contributed by atoms with Crippen LogP contribution < -0.4 is 4.74 Å². The average molecular weight is 407 g/mol. The molecule has 2 aromatic carbocycles. The van der Waals surface area contributed by atoms with E-state index in [9.17, 15) is 13.2 Å². The van der Waals surface area contributed by atoms with E-state index in [2.05, 4.69) is 0 Å². The fourth-order valence-electron chi connectivity index (χ4n) is 2.78. The molecule has 1 fully saturated rings. The van der Waals surface area contributed by atoms with Crippen molar-refractivity contribution in [1.29, 1.82) is 0 Å². The number of esters is 1. The number of carbonyl (C=O) groups excluding carboxylic acids is 1. The Balaban J connectivity index is 1.53. The first-order valence-electron chi connectivity index (χ1n) is 8.76. The average Bonchev–Trinajstić information content (AvgIpc) is 2.99. The van der Waals surface area contributed by atoms with Crippen molar-refractivity contribution in [2.45, 2.75) is 23.5 Å². The van der Waals surface area contributed by atoms with Crippen molar-refractivity contribution in [3.63, 3.8) is 0 Å². The highest BCUT2D eigenvalue weighted by molar-refractivity contribution is 8.02. The molecule has 1 saturated heterocycles. The van der Waals surface area contributed by atoms with Crippen LogP contribution in [0.25, 0.3) is 0 Å². The van der Waals surface area contributed by atoms with E-state index in [0.29, 0.717) is 12.0 Å². The summed E-state index contributed by atoms with van der Waals surface area (Å²) in [5, 5.41) is -0.0196. The van der Waals surface area contributed by atoms with Crippen LogP contribution in [0.4, 0.5) is 0 Å². The van der Waals surface area contributed by atoms with Gasteiger partial charge in [-0.1, -0.05) is 29.8 Å². The van der Waals surface area contributed by atoms with Gasteiger partial charge in [-0.05, 0) is 37.6 Å². The van der Waals surface area contributed by atoms with E-state index in [1.54, 1.807) is 12.1 Å². The quantitative estimate of drug-likeness (QED) is 0.518. The maximum Gasteiger partial charge on any atom is 0.339 e. The van der Waals surface area contributed by atoms with Gasteiger partial charge in [0.2, 0.25) is 0 Å². The number of ether oxygens (including phenoxy) is 2. The Morgan fingerprint density at radius 2 is 1.85 bits per heavy atom. The second-order valence-electron chi connectivity index (χ2n) is 6.44. The van der Waals surface area contributed by atoms with Crippen molar-refractivity contribution < 1.29 is 22.7 Å². The van der Waals surface area contributed by atoms with Gasteiger partial charge in [-0.3, -0.25) is 0 Å². The third kappa shape index (κ3) is 5.74. The van der Waals surface area contributed by atoms with Crippen LogP contribution >= 0.6 is 11.8 Å². The van der Waals surface area contributed by atoms with Gasteiger partial charge in [0.25, 0.3) is 0 Å². The second-order valence-corrected chi connectivity index (χ2v) is 10.0. The van der Waals surface area contributed by atoms with Crippen molar-refractivity contribution in [3.05, 3.63) is 59.7 Å². The fraction of sp³-hybridized carbons (Fsp3) is 0.350. The third-order valence-corrected chi connectivity index (χ3v) is 7.52. The predicted molar refractivity (Wildman–Crippen MR) is 106 cm³/mol. The highest BCUT2D eigenvalue weighted by Crippen LogP contribution is 2.33. The van der Waals surface area contributed by atoms with Gasteiger partial charge >= 0.3 is 5.97 Å². The van der Waals surface area contributed by atoms with E-state index >= 15 is 0 Å². The highest BCUT2D eigenvalue weighted by Gasteiger charge is 2.29. The van der Waals surface area contributed by atoms with Crippen LogP contribution in [0.3, 0.4) is 0 Å². The summed E-state index contributed by atoms with van der Waals surface area (Å²) in [6.45, 7) is 2.41. The Morgan fingerprint density at radius 1 is 1.11 bits per heavy atom. The summed E-state index contributed by atoms with van der Waals surface area (Å²) in [6, 6.07) is 14.8. The first-order chi connectivity index (χ1) is 12.9. The molecule has 0 aromatic heterocycles. The van der Waals surface area contributed by atoms with Gasteiger partial charge in [-0.15, -0.1) is 11.8 Å². The number of thioether (sulfide) groups is 1. The smallest absolute Gasteiger partial charge is 0.339 e. The summed E-state index contributed by atoms with van der Waals surface area (Å²) in [5.41, 5.74) is 1.61. The number of aryl methyl sites for hydroxylation is 1. The molecule has 5 nitrogen and oxygen atoms in total. The van der Waals surface area contributed by atoms with E-state index in [1.807, 2.05) is 43.3 Å². The topological polar surface area (TPSA) is 69.7 Å². The third-order valence-electron chi connectivity index (χ3n) is 4.20. The van der Waals surface area contributed by atoms with Crippen molar-refractivity contribution in [2.75, 3.05) is 24.7 Å². The molecule has 0 amide bonds. The van der Waals surface area contributed by atoms with Gasteiger partial charge < -0.3 is 9.47 Å². The molecule has 0 spiro atoms. The zero-order valence-corrected chi connectivity index (χ0v) is 16.7. The molecule has 1 aliphatic rings. The number of sulfone groups is 1. The number of hydrogen-bond donors (Lipinski definition) is 0. The van der Waals surface area contributed by atoms with E-state index in [1.165, 1.54) is 11.8 Å². The summed E-state index contributed by atoms with van der Waals surface area (Å²) in [6.07, 6.45) is 0.612. The minimum atomic E-state index is -2.95. The summed E-state index contributed by atoms with van der Waals surface area (Å²) < 4.78 is 34.2. The number of rotatable bonds is 7. The Morgan fingerprint density at radius 3 is 2.56 bits per heavy atom. The number of hydrogen-bond acceptors (Lipinski definition) is 6. The molecule has 0 bridgehead atoms. The molecule has 1 heterocycles. The summed E-state index contributed by atoms with van der Waals surface area (Å²) in [4.78, 5) is 13.2. The Bertz CT molecular complexity index is 891. The number of carbonyl (C=O) groups is 1. The molecule has 0 unspecified atom stereocenters. The van der Waals surface area contributed by atoms with Gasteiger partial charge in [0, 0.05) is 10.1 Å². The summed E-state index contributed by atoms with van der Waals surface area (Å²) >= 11 is 1.43. The Kier molecular flexibility index (Phi) is 6.44. The summed E-state index contributed by atoms with van der Waals surface area (Å²) in [5.74, 6) is 0.681. The van der Waals surface area contributed by atoms with E-state index in [0.717, 1.165) is 16.2 Å². The lowest BCUT2D eigenvalue weighted by Gasteiger charge is -2.12. The summed E-state index contributed by atoms with van der Waals surface area (Å²) in [7, 11) is -2.95. The molecule has 1 aliphatic heterocycles. The van der Waals surface area contributed by atoms with Crippen LogP contribution in [0.5, 0.6) is 5.75 Å². The van der Waals surface area contributed by atoms with Crippen LogP contribution in [-0.2, 0) is 14.6 Å². The standard InChI is InChI=1S/C20H22O5S2/c1-15-6-8-16(9-7-15)24-11-12-25-20(21)18-4-2-3-5-19(18)26-17-10-13-27(22,23)14-17/h2-9,17H,10-14H2,1H3/t17-/m0/s1. The van der Waals surface area contributed by atoms with Crippen molar-refractivity contribution in [1.82, 2.24) is 0 Å². The Hall–Kier alpha value is -1.99. The van der Waals surface area contributed by atoms with Gasteiger partial charge in [-0.25, -0.2) is 13.2 Å². The molecule has 0 radical (unpaired) electrons. The molecule has 1 atom stereocenters. The normalized spacial score (nSPS) is 18.2. The minimum Gasteiger partial charge on any atom is -0.490 e.